The second-order valence-electron chi connectivity index (χ2n) is 8.32. The van der Waals surface area contributed by atoms with Gasteiger partial charge in [-0.1, -0.05) is 37.1 Å². The number of nitrogens with one attached hydrogen (secondary N) is 2. The monoisotopic (exact) mass is 405 g/mol. The Labute approximate surface area is 174 Å². The quantitative estimate of drug-likeness (QED) is 0.755. The Balaban J connectivity index is 0.00000225. The molecule has 0 aromatic heterocycles. The normalized spacial score (nSPS) is 28.2. The van der Waals surface area contributed by atoms with Crippen LogP contribution in [0, 0.1) is 11.8 Å². The molecule has 5 nitrogen and oxygen atoms in total. The lowest BCUT2D eigenvalue weighted by molar-refractivity contribution is -0.136. The molecule has 3 atom stereocenters. The number of benzene rings is 1. The molecule has 0 bridgehead atoms. The van der Waals surface area contributed by atoms with Gasteiger partial charge in [0.2, 0.25) is 11.8 Å². The van der Waals surface area contributed by atoms with Crippen molar-refractivity contribution in [2.24, 2.45) is 11.8 Å². The Hall–Kier alpha value is -1.59. The highest BCUT2D eigenvalue weighted by Gasteiger charge is 2.42. The molecule has 2 aliphatic heterocycles. The number of nitrogens with zero attached hydrogens (tertiary/aromatic N) is 1. The molecular formula is C22H32ClN3O2. The van der Waals surface area contributed by atoms with E-state index in [9.17, 15) is 9.59 Å². The molecule has 6 heteroatoms. The molecule has 0 unspecified atom stereocenters. The summed E-state index contributed by atoms with van der Waals surface area (Å²) >= 11 is 0. The third-order valence-corrected chi connectivity index (χ3v) is 6.50. The van der Waals surface area contributed by atoms with Crippen LogP contribution >= 0.6 is 12.4 Å². The molecule has 4 rings (SSSR count). The van der Waals surface area contributed by atoms with Crippen LogP contribution in [-0.4, -0.2) is 42.4 Å². The van der Waals surface area contributed by atoms with Gasteiger partial charge in [-0.05, 0) is 49.8 Å². The first-order valence-corrected chi connectivity index (χ1v) is 10.6. The van der Waals surface area contributed by atoms with Gasteiger partial charge in [0.05, 0.1) is 5.92 Å². The summed E-state index contributed by atoms with van der Waals surface area (Å²) in [7, 11) is 0. The predicted octanol–water partition coefficient (Wildman–Crippen LogP) is 2.67. The van der Waals surface area contributed by atoms with Gasteiger partial charge < -0.3 is 15.5 Å². The predicted molar refractivity (Wildman–Crippen MR) is 112 cm³/mol. The van der Waals surface area contributed by atoms with Crippen molar-refractivity contribution in [2.45, 2.75) is 57.5 Å². The van der Waals surface area contributed by atoms with E-state index in [1.165, 1.54) is 24.0 Å². The van der Waals surface area contributed by atoms with Crippen LogP contribution in [0.4, 0.5) is 0 Å². The Bertz CT molecular complexity index is 696. The first kappa shape index (κ1) is 21.1. The molecule has 2 amide bonds. The van der Waals surface area contributed by atoms with Gasteiger partial charge in [0.1, 0.15) is 0 Å². The van der Waals surface area contributed by atoms with Crippen molar-refractivity contribution < 1.29 is 9.59 Å². The van der Waals surface area contributed by atoms with Crippen LogP contribution in [0.15, 0.2) is 24.3 Å². The van der Waals surface area contributed by atoms with Crippen molar-refractivity contribution in [1.82, 2.24) is 15.5 Å². The van der Waals surface area contributed by atoms with Crippen molar-refractivity contribution >= 4 is 24.2 Å². The van der Waals surface area contributed by atoms with E-state index in [2.05, 4.69) is 28.8 Å². The molecule has 2 fully saturated rings. The number of amides is 2. The van der Waals surface area contributed by atoms with Crippen LogP contribution in [0.3, 0.4) is 0 Å². The van der Waals surface area contributed by atoms with Crippen LogP contribution in [-0.2, 0) is 22.6 Å². The van der Waals surface area contributed by atoms with Crippen molar-refractivity contribution in [3.63, 3.8) is 0 Å². The molecule has 1 saturated heterocycles. The van der Waals surface area contributed by atoms with Crippen LogP contribution in [0.2, 0.25) is 0 Å². The molecule has 2 N–H and O–H groups in total. The van der Waals surface area contributed by atoms with E-state index in [1.807, 2.05) is 11.0 Å². The summed E-state index contributed by atoms with van der Waals surface area (Å²) in [6.45, 7) is 3.22. The molecule has 28 heavy (non-hydrogen) atoms. The first-order chi connectivity index (χ1) is 13.2. The van der Waals surface area contributed by atoms with Gasteiger partial charge >= 0.3 is 0 Å². The number of rotatable bonds is 1. The largest absolute Gasteiger partial charge is 0.356 e. The second kappa shape index (κ2) is 9.75. The van der Waals surface area contributed by atoms with E-state index in [-0.39, 0.29) is 42.1 Å². The number of hydrogen-bond acceptors (Lipinski definition) is 3. The Morgan fingerprint density at radius 2 is 1.75 bits per heavy atom. The minimum absolute atomic E-state index is 0. The number of fused-ring (bicyclic) bond motifs is 2. The molecule has 3 aliphatic rings. The topological polar surface area (TPSA) is 61.4 Å². The van der Waals surface area contributed by atoms with Crippen molar-refractivity contribution in [3.8, 4) is 0 Å². The zero-order valence-electron chi connectivity index (χ0n) is 16.5. The van der Waals surface area contributed by atoms with Gasteiger partial charge in [-0.2, -0.15) is 0 Å². The van der Waals surface area contributed by atoms with Gasteiger partial charge in [-0.3, -0.25) is 9.59 Å². The highest BCUT2D eigenvalue weighted by molar-refractivity contribution is 5.85. The minimum Gasteiger partial charge on any atom is -0.356 e. The van der Waals surface area contributed by atoms with Gasteiger partial charge in [-0.25, -0.2) is 0 Å². The van der Waals surface area contributed by atoms with Gasteiger partial charge in [0, 0.05) is 31.6 Å². The SMILES string of the molecule is Cl.O=C1NCCCCCCN[C@H]2C[C@H](C(=O)N3CCc4ccccc4C3)C[C@@H]12. The summed E-state index contributed by atoms with van der Waals surface area (Å²) < 4.78 is 0. The fraction of sp³-hybridized carbons (Fsp3) is 0.636. The summed E-state index contributed by atoms with van der Waals surface area (Å²) in [5.74, 6) is 0.257. The fourth-order valence-corrected chi connectivity index (χ4v) is 4.93. The lowest BCUT2D eigenvalue weighted by Crippen LogP contribution is -2.41. The summed E-state index contributed by atoms with van der Waals surface area (Å²) in [6, 6.07) is 8.54. The molecule has 1 aromatic carbocycles. The van der Waals surface area contributed by atoms with Crippen LogP contribution in [0.1, 0.15) is 49.7 Å². The molecule has 2 heterocycles. The van der Waals surface area contributed by atoms with Crippen molar-refractivity contribution in [1.29, 1.82) is 0 Å². The molecular weight excluding hydrogens is 374 g/mol. The van der Waals surface area contributed by atoms with Gasteiger partial charge in [-0.15, -0.1) is 12.4 Å². The zero-order valence-corrected chi connectivity index (χ0v) is 17.3. The van der Waals surface area contributed by atoms with Crippen molar-refractivity contribution in [2.75, 3.05) is 19.6 Å². The highest BCUT2D eigenvalue weighted by atomic mass is 35.5. The molecule has 1 aromatic rings. The Morgan fingerprint density at radius 1 is 1.00 bits per heavy atom. The van der Waals surface area contributed by atoms with E-state index < -0.39 is 0 Å². The molecule has 154 valence electrons. The van der Waals surface area contributed by atoms with E-state index in [1.54, 1.807) is 0 Å². The van der Waals surface area contributed by atoms with Crippen molar-refractivity contribution in [3.05, 3.63) is 35.4 Å². The summed E-state index contributed by atoms with van der Waals surface area (Å²) in [4.78, 5) is 27.9. The number of carbonyl (C=O) groups excluding carboxylic acids is 2. The van der Waals surface area contributed by atoms with E-state index in [0.29, 0.717) is 13.0 Å². The summed E-state index contributed by atoms with van der Waals surface area (Å²) in [5, 5.41) is 6.68. The number of halogens is 1. The zero-order chi connectivity index (χ0) is 18.6. The molecule has 1 aliphatic carbocycles. The lowest BCUT2D eigenvalue weighted by atomic mass is 9.97. The first-order valence-electron chi connectivity index (χ1n) is 10.6. The second-order valence-corrected chi connectivity index (χ2v) is 8.32. The summed E-state index contributed by atoms with van der Waals surface area (Å²) in [5.41, 5.74) is 2.63. The molecule has 1 saturated carbocycles. The van der Waals surface area contributed by atoms with E-state index in [0.717, 1.165) is 45.3 Å². The lowest BCUT2D eigenvalue weighted by Gasteiger charge is -2.31. The van der Waals surface area contributed by atoms with Crippen LogP contribution in [0.5, 0.6) is 0 Å². The standard InChI is InChI=1S/C22H31N3O2.ClH/c26-21-19-13-18(14-20(19)23-10-5-1-2-6-11-24-21)22(27)25-12-9-16-7-3-4-8-17(16)15-25;/h3-4,7-8,18-20,23H,1-2,5-6,9-15H2,(H,24,26);1H/t18-,19-,20+;/m1./s1. The maximum atomic E-state index is 13.2. The molecule has 0 radical (unpaired) electrons. The number of hydrogen-bond donors (Lipinski definition) is 2. The van der Waals surface area contributed by atoms with Crippen LogP contribution in [0.25, 0.3) is 0 Å². The fourth-order valence-electron chi connectivity index (χ4n) is 4.93. The average Bonchev–Trinajstić information content (AvgIpc) is 3.11. The average molecular weight is 406 g/mol. The summed E-state index contributed by atoms with van der Waals surface area (Å²) in [6.07, 6.45) is 6.98. The maximum Gasteiger partial charge on any atom is 0.226 e. The minimum atomic E-state index is -0.0749. The molecule has 0 spiro atoms. The van der Waals surface area contributed by atoms with Gasteiger partial charge in [0.15, 0.2) is 0 Å². The Morgan fingerprint density at radius 3 is 2.57 bits per heavy atom. The van der Waals surface area contributed by atoms with Crippen LogP contribution < -0.4 is 10.6 Å². The van der Waals surface area contributed by atoms with Gasteiger partial charge in [0.25, 0.3) is 0 Å². The third-order valence-electron chi connectivity index (χ3n) is 6.50. The highest BCUT2D eigenvalue weighted by Crippen LogP contribution is 2.34. The smallest absolute Gasteiger partial charge is 0.226 e. The van der Waals surface area contributed by atoms with E-state index in [4.69, 9.17) is 0 Å². The van der Waals surface area contributed by atoms with E-state index >= 15 is 0 Å². The Kier molecular flexibility index (Phi) is 7.36. The number of carbonyl (C=O) groups is 2. The maximum absolute atomic E-state index is 13.2. The third kappa shape index (κ3) is 4.69.